The molecule has 3 rings (SSSR count). The number of ether oxygens (including phenoxy) is 2. The molecule has 1 atom stereocenters. The van der Waals surface area contributed by atoms with Gasteiger partial charge in [0.1, 0.15) is 24.4 Å². The topological polar surface area (TPSA) is 121 Å². The SMILES string of the molecule is N#C/C(=C/NCC1COc2ccccc2O1)C(=O)Nc1ccc(C(=O)O)cc1. The maximum Gasteiger partial charge on any atom is 0.335 e. The van der Waals surface area contributed by atoms with Crippen molar-refractivity contribution in [1.29, 1.82) is 5.26 Å². The highest BCUT2D eigenvalue weighted by atomic mass is 16.6. The number of hydrogen-bond acceptors (Lipinski definition) is 6. The monoisotopic (exact) mass is 379 g/mol. The molecule has 0 aromatic heterocycles. The lowest BCUT2D eigenvalue weighted by Gasteiger charge is -2.26. The Labute approximate surface area is 161 Å². The molecular formula is C20H17N3O5. The Bertz CT molecular complexity index is 947. The Balaban J connectivity index is 1.54. The van der Waals surface area contributed by atoms with Gasteiger partial charge in [0.2, 0.25) is 0 Å². The van der Waals surface area contributed by atoms with Crippen LogP contribution in [-0.2, 0) is 4.79 Å². The number of carbonyl (C=O) groups excluding carboxylic acids is 1. The Morgan fingerprint density at radius 3 is 2.57 bits per heavy atom. The van der Waals surface area contributed by atoms with Crippen molar-refractivity contribution in [3.05, 3.63) is 65.9 Å². The van der Waals surface area contributed by atoms with Gasteiger partial charge in [-0.05, 0) is 36.4 Å². The highest BCUT2D eigenvalue weighted by Gasteiger charge is 2.20. The Morgan fingerprint density at radius 2 is 1.89 bits per heavy atom. The van der Waals surface area contributed by atoms with Crippen molar-refractivity contribution in [1.82, 2.24) is 5.32 Å². The van der Waals surface area contributed by atoms with E-state index in [0.717, 1.165) is 0 Å². The fourth-order valence-corrected chi connectivity index (χ4v) is 2.50. The number of nitrogens with zero attached hydrogens (tertiary/aromatic N) is 1. The quantitative estimate of drug-likeness (QED) is 0.519. The number of carboxylic acid groups (broad SMARTS) is 1. The van der Waals surface area contributed by atoms with Crippen molar-refractivity contribution in [2.75, 3.05) is 18.5 Å². The molecule has 0 bridgehead atoms. The molecular weight excluding hydrogens is 362 g/mol. The van der Waals surface area contributed by atoms with Crippen LogP contribution in [0.4, 0.5) is 5.69 Å². The van der Waals surface area contributed by atoms with E-state index in [1.807, 2.05) is 24.3 Å². The van der Waals surface area contributed by atoms with Crippen molar-refractivity contribution in [2.24, 2.45) is 0 Å². The first-order valence-corrected chi connectivity index (χ1v) is 8.43. The molecule has 1 heterocycles. The lowest BCUT2D eigenvalue weighted by Crippen LogP contribution is -2.37. The molecule has 1 amide bonds. The van der Waals surface area contributed by atoms with Crippen LogP contribution >= 0.6 is 0 Å². The van der Waals surface area contributed by atoms with E-state index >= 15 is 0 Å². The molecule has 2 aromatic carbocycles. The molecule has 0 spiro atoms. The van der Waals surface area contributed by atoms with Gasteiger partial charge in [0, 0.05) is 11.9 Å². The molecule has 1 unspecified atom stereocenters. The molecule has 0 saturated carbocycles. The largest absolute Gasteiger partial charge is 0.486 e. The number of carboxylic acids is 1. The van der Waals surface area contributed by atoms with Crippen LogP contribution < -0.4 is 20.1 Å². The van der Waals surface area contributed by atoms with Gasteiger partial charge in [0.25, 0.3) is 5.91 Å². The predicted octanol–water partition coefficient (Wildman–Crippen LogP) is 2.16. The molecule has 1 aliphatic rings. The first-order valence-electron chi connectivity index (χ1n) is 8.43. The molecule has 8 heteroatoms. The molecule has 0 radical (unpaired) electrons. The first kappa shape index (κ1) is 18.8. The number of anilines is 1. The fraction of sp³-hybridized carbons (Fsp3) is 0.150. The van der Waals surface area contributed by atoms with E-state index < -0.39 is 11.9 Å². The van der Waals surface area contributed by atoms with Crippen LogP contribution in [0.5, 0.6) is 11.5 Å². The van der Waals surface area contributed by atoms with Crippen LogP contribution in [0.1, 0.15) is 10.4 Å². The highest BCUT2D eigenvalue weighted by Crippen LogP contribution is 2.30. The third-order valence-corrected chi connectivity index (χ3v) is 3.91. The summed E-state index contributed by atoms with van der Waals surface area (Å²) in [6.07, 6.45) is 1.04. The van der Waals surface area contributed by atoms with Gasteiger partial charge in [-0.2, -0.15) is 5.26 Å². The molecule has 28 heavy (non-hydrogen) atoms. The van der Waals surface area contributed by atoms with E-state index in [9.17, 15) is 14.9 Å². The summed E-state index contributed by atoms with van der Waals surface area (Å²) < 4.78 is 11.4. The molecule has 0 fully saturated rings. The lowest BCUT2D eigenvalue weighted by molar-refractivity contribution is -0.112. The molecule has 8 nitrogen and oxygen atoms in total. The minimum atomic E-state index is -1.06. The smallest absolute Gasteiger partial charge is 0.335 e. The van der Waals surface area contributed by atoms with Crippen LogP contribution in [0.3, 0.4) is 0 Å². The summed E-state index contributed by atoms with van der Waals surface area (Å²) in [5.74, 6) is -0.339. The maximum absolute atomic E-state index is 12.2. The second-order valence-electron chi connectivity index (χ2n) is 5.91. The van der Waals surface area contributed by atoms with E-state index in [1.54, 1.807) is 6.07 Å². The van der Waals surface area contributed by atoms with Gasteiger partial charge in [-0.3, -0.25) is 4.79 Å². The number of benzene rings is 2. The van der Waals surface area contributed by atoms with Crippen LogP contribution in [-0.4, -0.2) is 36.2 Å². The number of hydrogen-bond donors (Lipinski definition) is 3. The average molecular weight is 379 g/mol. The lowest BCUT2D eigenvalue weighted by atomic mass is 10.2. The zero-order chi connectivity index (χ0) is 19.9. The Kier molecular flexibility index (Phi) is 5.77. The summed E-state index contributed by atoms with van der Waals surface area (Å²) in [5.41, 5.74) is 0.364. The van der Waals surface area contributed by atoms with Gasteiger partial charge in [-0.1, -0.05) is 12.1 Å². The van der Waals surface area contributed by atoms with Crippen LogP contribution in [0, 0.1) is 11.3 Å². The summed E-state index contributed by atoms with van der Waals surface area (Å²) in [6, 6.07) is 14.8. The summed E-state index contributed by atoms with van der Waals surface area (Å²) in [6.45, 7) is 0.696. The zero-order valence-corrected chi connectivity index (χ0v) is 14.7. The number of fused-ring (bicyclic) bond motifs is 1. The first-order chi connectivity index (χ1) is 13.6. The van der Waals surface area contributed by atoms with Crippen molar-refractivity contribution in [3.63, 3.8) is 0 Å². The van der Waals surface area contributed by atoms with Gasteiger partial charge in [-0.25, -0.2) is 4.79 Å². The molecule has 1 aliphatic heterocycles. The number of nitriles is 1. The minimum absolute atomic E-state index is 0.104. The highest BCUT2D eigenvalue weighted by molar-refractivity contribution is 6.06. The van der Waals surface area contributed by atoms with Gasteiger partial charge in [-0.15, -0.1) is 0 Å². The number of carbonyl (C=O) groups is 2. The number of amides is 1. The standard InChI is InChI=1S/C20H17N3O5/c21-9-14(19(24)23-15-7-5-13(6-8-15)20(25)26)10-22-11-16-12-27-17-3-1-2-4-18(17)28-16/h1-8,10,16,22H,11-12H2,(H,23,24)(H,25,26)/b14-10-. The fourth-order valence-electron chi connectivity index (χ4n) is 2.50. The van der Waals surface area contributed by atoms with E-state index in [4.69, 9.17) is 14.6 Å². The van der Waals surface area contributed by atoms with Crippen LogP contribution in [0.15, 0.2) is 60.3 Å². The third kappa shape index (κ3) is 4.59. The Morgan fingerprint density at radius 1 is 1.18 bits per heavy atom. The van der Waals surface area contributed by atoms with Crippen LogP contribution in [0.2, 0.25) is 0 Å². The van der Waals surface area contributed by atoms with E-state index in [2.05, 4.69) is 10.6 Å². The number of para-hydroxylation sites is 2. The molecule has 0 aliphatic carbocycles. The Hall–Kier alpha value is -3.99. The van der Waals surface area contributed by atoms with E-state index in [1.165, 1.54) is 30.5 Å². The molecule has 3 N–H and O–H groups in total. The van der Waals surface area contributed by atoms with Crippen molar-refractivity contribution >= 4 is 17.6 Å². The van der Waals surface area contributed by atoms with E-state index in [-0.39, 0.29) is 17.2 Å². The van der Waals surface area contributed by atoms with Gasteiger partial charge >= 0.3 is 5.97 Å². The minimum Gasteiger partial charge on any atom is -0.486 e. The number of nitrogens with one attached hydrogen (secondary N) is 2. The zero-order valence-electron chi connectivity index (χ0n) is 14.7. The van der Waals surface area contributed by atoms with Gasteiger partial charge in [0.05, 0.1) is 12.1 Å². The second-order valence-corrected chi connectivity index (χ2v) is 5.91. The van der Waals surface area contributed by atoms with E-state index in [0.29, 0.717) is 30.3 Å². The second kappa shape index (κ2) is 8.60. The van der Waals surface area contributed by atoms with Crippen molar-refractivity contribution in [2.45, 2.75) is 6.10 Å². The average Bonchev–Trinajstić information content (AvgIpc) is 2.71. The van der Waals surface area contributed by atoms with Crippen molar-refractivity contribution < 1.29 is 24.2 Å². The molecule has 2 aromatic rings. The summed E-state index contributed by atoms with van der Waals surface area (Å²) in [7, 11) is 0. The summed E-state index contributed by atoms with van der Waals surface area (Å²) in [4.78, 5) is 23.0. The number of rotatable bonds is 6. The predicted molar refractivity (Wildman–Crippen MR) is 100 cm³/mol. The van der Waals surface area contributed by atoms with Crippen LogP contribution in [0.25, 0.3) is 0 Å². The summed E-state index contributed by atoms with van der Waals surface area (Å²) >= 11 is 0. The van der Waals surface area contributed by atoms with Crippen molar-refractivity contribution in [3.8, 4) is 17.6 Å². The normalized spacial score (nSPS) is 15.2. The third-order valence-electron chi connectivity index (χ3n) is 3.91. The molecule has 0 saturated heterocycles. The number of aromatic carboxylic acids is 1. The molecule has 142 valence electrons. The summed E-state index contributed by atoms with van der Waals surface area (Å²) in [5, 5.41) is 23.5. The maximum atomic E-state index is 12.2. The van der Waals surface area contributed by atoms with Gasteiger partial charge < -0.3 is 25.2 Å². The van der Waals surface area contributed by atoms with Gasteiger partial charge in [0.15, 0.2) is 11.5 Å².